The van der Waals surface area contributed by atoms with Crippen LogP contribution in [0.3, 0.4) is 0 Å². The molecule has 100 valence electrons. The lowest BCUT2D eigenvalue weighted by Crippen LogP contribution is -2.19. The average Bonchev–Trinajstić information content (AvgIpc) is 2.46. The van der Waals surface area contributed by atoms with Crippen molar-refractivity contribution in [3.8, 4) is 5.75 Å². The van der Waals surface area contributed by atoms with Crippen molar-refractivity contribution < 1.29 is 4.74 Å². The number of ether oxygens (including phenoxy) is 1. The van der Waals surface area contributed by atoms with Crippen molar-refractivity contribution in [3.05, 3.63) is 52.3 Å². The van der Waals surface area contributed by atoms with E-state index in [4.69, 9.17) is 4.74 Å². The van der Waals surface area contributed by atoms with E-state index in [2.05, 4.69) is 37.5 Å². The van der Waals surface area contributed by atoms with Crippen LogP contribution in [0.15, 0.2) is 41.1 Å². The van der Waals surface area contributed by atoms with Crippen LogP contribution in [-0.2, 0) is 6.42 Å². The van der Waals surface area contributed by atoms with Crippen LogP contribution in [-0.4, -0.2) is 24.4 Å². The fraction of sp³-hybridized carbons (Fsp3) is 0.286. The molecule has 2 rings (SSSR count). The average molecular weight is 322 g/mol. The lowest BCUT2D eigenvalue weighted by molar-refractivity contribution is 0.406. The fourth-order valence-electron chi connectivity index (χ4n) is 2.02. The summed E-state index contributed by atoms with van der Waals surface area (Å²) in [6.07, 6.45) is 4.31. The Morgan fingerprint density at radius 3 is 2.79 bits per heavy atom. The van der Waals surface area contributed by atoms with Crippen molar-refractivity contribution in [1.29, 1.82) is 0 Å². The van der Waals surface area contributed by atoms with Gasteiger partial charge in [-0.3, -0.25) is 0 Å². The van der Waals surface area contributed by atoms with Gasteiger partial charge in [0.05, 0.1) is 13.3 Å². The van der Waals surface area contributed by atoms with Gasteiger partial charge in [-0.15, -0.1) is 0 Å². The Kier molecular flexibility index (Phi) is 4.87. The van der Waals surface area contributed by atoms with Crippen LogP contribution in [0.4, 0.5) is 0 Å². The summed E-state index contributed by atoms with van der Waals surface area (Å²) >= 11 is 3.50. The molecule has 5 heteroatoms. The summed E-state index contributed by atoms with van der Waals surface area (Å²) in [7, 11) is 3.63. The first-order chi connectivity index (χ1) is 9.24. The van der Waals surface area contributed by atoms with E-state index in [1.807, 2.05) is 25.2 Å². The van der Waals surface area contributed by atoms with Crippen LogP contribution in [0, 0.1) is 0 Å². The lowest BCUT2D eigenvalue weighted by Gasteiger charge is -2.18. The van der Waals surface area contributed by atoms with E-state index in [1.165, 1.54) is 0 Å². The van der Waals surface area contributed by atoms with E-state index in [0.29, 0.717) is 0 Å². The molecule has 0 aliphatic carbocycles. The third kappa shape index (κ3) is 3.52. The standard InChI is InChI=1S/C14H16BrN3O/c1-16-13(10-5-6-17-18-9-10)8-11-7-12(15)3-4-14(11)19-2/h3-7,9,13,16H,8H2,1-2H3. The summed E-state index contributed by atoms with van der Waals surface area (Å²) in [4.78, 5) is 0. The van der Waals surface area contributed by atoms with Gasteiger partial charge < -0.3 is 10.1 Å². The summed E-state index contributed by atoms with van der Waals surface area (Å²) in [6, 6.07) is 8.18. The zero-order valence-electron chi connectivity index (χ0n) is 10.9. The number of aromatic nitrogens is 2. The van der Waals surface area contributed by atoms with Crippen LogP contribution >= 0.6 is 15.9 Å². The maximum atomic E-state index is 5.41. The van der Waals surface area contributed by atoms with Crippen LogP contribution < -0.4 is 10.1 Å². The predicted molar refractivity (Wildman–Crippen MR) is 78.2 cm³/mol. The summed E-state index contributed by atoms with van der Waals surface area (Å²) in [5, 5.41) is 11.0. The monoisotopic (exact) mass is 321 g/mol. The Labute approximate surface area is 121 Å². The molecule has 1 unspecified atom stereocenters. The number of rotatable bonds is 5. The number of methoxy groups -OCH3 is 1. The summed E-state index contributed by atoms with van der Waals surface area (Å²) in [6.45, 7) is 0. The molecule has 0 saturated heterocycles. The summed E-state index contributed by atoms with van der Waals surface area (Å²) in [5.41, 5.74) is 2.26. The van der Waals surface area contributed by atoms with Crippen molar-refractivity contribution in [2.24, 2.45) is 0 Å². The normalized spacial score (nSPS) is 12.2. The van der Waals surface area contributed by atoms with Crippen molar-refractivity contribution in [3.63, 3.8) is 0 Å². The Morgan fingerprint density at radius 1 is 1.32 bits per heavy atom. The molecule has 0 amide bonds. The van der Waals surface area contributed by atoms with Gasteiger partial charge in [0, 0.05) is 16.7 Å². The largest absolute Gasteiger partial charge is 0.496 e. The molecule has 4 nitrogen and oxygen atoms in total. The van der Waals surface area contributed by atoms with Crippen molar-refractivity contribution in [2.75, 3.05) is 14.2 Å². The molecular weight excluding hydrogens is 306 g/mol. The van der Waals surface area contributed by atoms with E-state index in [0.717, 1.165) is 27.8 Å². The second-order valence-corrected chi connectivity index (χ2v) is 5.09. The lowest BCUT2D eigenvalue weighted by atomic mass is 10.00. The van der Waals surface area contributed by atoms with E-state index in [9.17, 15) is 0 Å². The van der Waals surface area contributed by atoms with Gasteiger partial charge in [-0.1, -0.05) is 15.9 Å². The molecule has 1 N–H and O–H groups in total. The van der Waals surface area contributed by atoms with Gasteiger partial charge in [0.25, 0.3) is 0 Å². The van der Waals surface area contributed by atoms with Gasteiger partial charge in [-0.2, -0.15) is 10.2 Å². The fourth-order valence-corrected chi connectivity index (χ4v) is 2.43. The molecule has 0 aliphatic rings. The van der Waals surface area contributed by atoms with E-state index in [1.54, 1.807) is 19.5 Å². The molecule has 19 heavy (non-hydrogen) atoms. The summed E-state index contributed by atoms with van der Waals surface area (Å²) < 4.78 is 6.45. The molecule has 0 spiro atoms. The minimum absolute atomic E-state index is 0.179. The third-order valence-electron chi connectivity index (χ3n) is 3.02. The molecule has 0 bridgehead atoms. The Hall–Kier alpha value is -1.46. The number of hydrogen-bond acceptors (Lipinski definition) is 4. The minimum atomic E-state index is 0.179. The van der Waals surface area contributed by atoms with Gasteiger partial charge in [0.2, 0.25) is 0 Å². The molecule has 0 fully saturated rings. The van der Waals surface area contributed by atoms with E-state index in [-0.39, 0.29) is 6.04 Å². The Bertz CT molecular complexity index is 533. The second-order valence-electron chi connectivity index (χ2n) is 4.18. The van der Waals surface area contributed by atoms with Gasteiger partial charge >= 0.3 is 0 Å². The zero-order valence-corrected chi connectivity index (χ0v) is 12.5. The molecule has 0 saturated carbocycles. The molecule has 1 atom stereocenters. The maximum absolute atomic E-state index is 5.41. The molecule has 2 aromatic rings. The highest BCUT2D eigenvalue weighted by molar-refractivity contribution is 9.10. The Balaban J connectivity index is 2.26. The molecule has 0 aliphatic heterocycles. The van der Waals surface area contributed by atoms with Gasteiger partial charge in [0.1, 0.15) is 5.75 Å². The summed E-state index contributed by atoms with van der Waals surface area (Å²) in [5.74, 6) is 0.894. The highest BCUT2D eigenvalue weighted by atomic mass is 79.9. The smallest absolute Gasteiger partial charge is 0.122 e. The molecule has 0 radical (unpaired) electrons. The van der Waals surface area contributed by atoms with E-state index >= 15 is 0 Å². The molecular formula is C14H16BrN3O. The zero-order chi connectivity index (χ0) is 13.7. The molecule has 1 aromatic heterocycles. The first-order valence-electron chi connectivity index (χ1n) is 6.01. The maximum Gasteiger partial charge on any atom is 0.122 e. The van der Waals surface area contributed by atoms with E-state index < -0.39 is 0 Å². The number of hydrogen-bond donors (Lipinski definition) is 1. The van der Waals surface area contributed by atoms with Crippen LogP contribution in [0.5, 0.6) is 5.75 Å². The number of benzene rings is 1. The van der Waals surface area contributed by atoms with Crippen molar-refractivity contribution in [2.45, 2.75) is 12.5 Å². The predicted octanol–water partition coefficient (Wildman–Crippen LogP) is 2.75. The van der Waals surface area contributed by atoms with Crippen molar-refractivity contribution >= 4 is 15.9 Å². The SMILES string of the molecule is CNC(Cc1cc(Br)ccc1OC)c1ccnnc1. The number of nitrogens with zero attached hydrogens (tertiary/aromatic N) is 2. The van der Waals surface area contributed by atoms with Gasteiger partial charge in [-0.05, 0) is 48.9 Å². The van der Waals surface area contributed by atoms with Crippen LogP contribution in [0.2, 0.25) is 0 Å². The number of halogens is 1. The van der Waals surface area contributed by atoms with Crippen molar-refractivity contribution in [1.82, 2.24) is 15.5 Å². The minimum Gasteiger partial charge on any atom is -0.496 e. The number of nitrogens with one attached hydrogen (secondary N) is 1. The van der Waals surface area contributed by atoms with Gasteiger partial charge in [-0.25, -0.2) is 0 Å². The highest BCUT2D eigenvalue weighted by Gasteiger charge is 2.13. The molecule has 1 heterocycles. The van der Waals surface area contributed by atoms with Gasteiger partial charge in [0.15, 0.2) is 0 Å². The third-order valence-corrected chi connectivity index (χ3v) is 3.52. The first-order valence-corrected chi connectivity index (χ1v) is 6.80. The highest BCUT2D eigenvalue weighted by Crippen LogP contribution is 2.27. The van der Waals surface area contributed by atoms with Crippen LogP contribution in [0.1, 0.15) is 17.2 Å². The first kappa shape index (κ1) is 14.0. The quantitative estimate of drug-likeness (QED) is 0.919. The Morgan fingerprint density at radius 2 is 2.16 bits per heavy atom. The molecule has 1 aromatic carbocycles. The van der Waals surface area contributed by atoms with Crippen LogP contribution in [0.25, 0.3) is 0 Å². The number of likely N-dealkylation sites (N-methyl/N-ethyl adjacent to an activating group) is 1. The second kappa shape index (κ2) is 6.63. The topological polar surface area (TPSA) is 47.0 Å².